The molecule has 0 saturated heterocycles. The van der Waals surface area contributed by atoms with Crippen LogP contribution in [0.15, 0.2) is 6.07 Å². The molecule has 6 heteroatoms. The van der Waals surface area contributed by atoms with E-state index in [9.17, 15) is 0 Å². The number of nitrogens with two attached hydrogens (primary N) is 1. The van der Waals surface area contributed by atoms with Gasteiger partial charge in [-0.15, -0.1) is 5.10 Å². The van der Waals surface area contributed by atoms with Crippen molar-refractivity contribution in [3.63, 3.8) is 0 Å². The van der Waals surface area contributed by atoms with E-state index in [2.05, 4.69) is 20.4 Å². The molecule has 3 N–H and O–H groups in total. The van der Waals surface area contributed by atoms with E-state index in [-0.39, 0.29) is 5.82 Å². The Morgan fingerprint density at radius 2 is 2.33 bits per heavy atom. The van der Waals surface area contributed by atoms with E-state index in [0.29, 0.717) is 16.7 Å². The maximum Gasteiger partial charge on any atom is 0.203 e. The van der Waals surface area contributed by atoms with E-state index in [4.69, 9.17) is 11.0 Å². The summed E-state index contributed by atoms with van der Waals surface area (Å²) in [6.07, 6.45) is 0. The number of pyridine rings is 1. The number of anilines is 1. The number of hydrogen-bond acceptors (Lipinski definition) is 5. The van der Waals surface area contributed by atoms with Crippen molar-refractivity contribution in [2.24, 2.45) is 0 Å². The Morgan fingerprint density at radius 3 is 3.08 bits per heavy atom. The number of aromatic nitrogens is 4. The van der Waals surface area contributed by atoms with E-state index >= 15 is 0 Å². The van der Waals surface area contributed by atoms with Crippen LogP contribution in [-0.4, -0.2) is 20.4 Å². The molecule has 2 aromatic rings. The Hall–Kier alpha value is -2.16. The third-order valence-electron chi connectivity index (χ3n) is 1.46. The van der Waals surface area contributed by atoms with Crippen LogP contribution in [0.1, 0.15) is 5.56 Å². The highest BCUT2D eigenvalue weighted by molar-refractivity contribution is 5.74. The number of rotatable bonds is 0. The van der Waals surface area contributed by atoms with Crippen molar-refractivity contribution < 1.29 is 0 Å². The Bertz CT molecular complexity index is 464. The fraction of sp³-hybridized carbons (Fsp3) is 0. The fourth-order valence-corrected chi connectivity index (χ4v) is 0.887. The first-order valence-electron chi connectivity index (χ1n) is 3.18. The van der Waals surface area contributed by atoms with Gasteiger partial charge in [-0.2, -0.15) is 15.6 Å². The molecule has 0 unspecified atom stereocenters. The SMILES string of the molecule is N#Cc1cc2n[nH]nc2nc1N. The van der Waals surface area contributed by atoms with E-state index in [1.165, 1.54) is 0 Å². The van der Waals surface area contributed by atoms with Gasteiger partial charge in [0.15, 0.2) is 0 Å². The van der Waals surface area contributed by atoms with Gasteiger partial charge in [-0.3, -0.25) is 0 Å². The minimum atomic E-state index is 0.180. The van der Waals surface area contributed by atoms with Gasteiger partial charge in [-0.1, -0.05) is 0 Å². The molecule has 0 atom stereocenters. The van der Waals surface area contributed by atoms with Gasteiger partial charge in [0, 0.05) is 0 Å². The van der Waals surface area contributed by atoms with Crippen LogP contribution in [0.2, 0.25) is 0 Å². The Balaban J connectivity index is 2.84. The van der Waals surface area contributed by atoms with E-state index < -0.39 is 0 Å². The molecule has 0 saturated carbocycles. The summed E-state index contributed by atoms with van der Waals surface area (Å²) in [6, 6.07) is 3.45. The average Bonchev–Trinajstić information content (AvgIpc) is 2.49. The van der Waals surface area contributed by atoms with Crippen LogP contribution in [0.4, 0.5) is 5.82 Å². The highest BCUT2D eigenvalue weighted by atomic mass is 15.3. The first-order valence-corrected chi connectivity index (χ1v) is 3.18. The number of H-pyrrole nitrogens is 1. The molecule has 58 valence electrons. The zero-order chi connectivity index (χ0) is 8.55. The summed E-state index contributed by atoms with van der Waals surface area (Å²) in [4.78, 5) is 3.86. The van der Waals surface area contributed by atoms with Crippen LogP contribution in [-0.2, 0) is 0 Å². The number of hydrogen-bond donors (Lipinski definition) is 2. The lowest BCUT2D eigenvalue weighted by atomic mass is 10.3. The molecular formula is C6H4N6. The number of nitrogen functional groups attached to an aromatic ring is 1. The van der Waals surface area contributed by atoms with Crippen molar-refractivity contribution in [3.05, 3.63) is 11.6 Å². The van der Waals surface area contributed by atoms with Gasteiger partial charge in [-0.25, -0.2) is 4.98 Å². The second-order valence-electron chi connectivity index (χ2n) is 2.20. The Kier molecular flexibility index (Phi) is 1.18. The molecule has 2 aromatic heterocycles. The lowest BCUT2D eigenvalue weighted by Gasteiger charge is -1.92. The highest BCUT2D eigenvalue weighted by Crippen LogP contribution is 2.12. The number of nitriles is 1. The van der Waals surface area contributed by atoms with Crippen molar-refractivity contribution in [2.45, 2.75) is 0 Å². The first-order chi connectivity index (χ1) is 5.81. The molecule has 2 rings (SSSR count). The van der Waals surface area contributed by atoms with Gasteiger partial charge in [0.2, 0.25) is 5.65 Å². The standard InChI is InChI=1S/C6H4N6/c7-2-3-1-4-6(9-5(3)8)11-12-10-4/h1H,(H3,8,9,10,11,12). The number of aromatic amines is 1. The zero-order valence-corrected chi connectivity index (χ0v) is 5.94. The third-order valence-corrected chi connectivity index (χ3v) is 1.46. The molecule has 0 aliphatic heterocycles. The van der Waals surface area contributed by atoms with E-state index in [1.807, 2.05) is 6.07 Å². The fourth-order valence-electron chi connectivity index (χ4n) is 0.887. The topological polar surface area (TPSA) is 104 Å². The van der Waals surface area contributed by atoms with Crippen LogP contribution in [0.3, 0.4) is 0 Å². The summed E-state index contributed by atoms with van der Waals surface area (Å²) in [6.45, 7) is 0. The molecule has 0 bridgehead atoms. The van der Waals surface area contributed by atoms with Gasteiger partial charge in [0.05, 0.1) is 5.56 Å². The summed E-state index contributed by atoms with van der Waals surface area (Å²) in [5.74, 6) is 0.180. The molecule has 0 fully saturated rings. The summed E-state index contributed by atoms with van der Waals surface area (Å²) >= 11 is 0. The molecule has 0 spiro atoms. The highest BCUT2D eigenvalue weighted by Gasteiger charge is 2.05. The molecule has 0 aromatic carbocycles. The predicted molar refractivity (Wildman–Crippen MR) is 40.8 cm³/mol. The average molecular weight is 160 g/mol. The maximum absolute atomic E-state index is 8.59. The summed E-state index contributed by atoms with van der Waals surface area (Å²) in [5.41, 5.74) is 6.72. The van der Waals surface area contributed by atoms with Crippen molar-refractivity contribution in [3.8, 4) is 6.07 Å². The van der Waals surface area contributed by atoms with E-state index in [0.717, 1.165) is 0 Å². The minimum absolute atomic E-state index is 0.180. The smallest absolute Gasteiger partial charge is 0.203 e. The molecule has 2 heterocycles. The molecule has 6 nitrogen and oxygen atoms in total. The zero-order valence-electron chi connectivity index (χ0n) is 5.94. The molecule has 0 aliphatic rings. The number of nitrogens with zero attached hydrogens (tertiary/aromatic N) is 4. The molecule has 12 heavy (non-hydrogen) atoms. The Morgan fingerprint density at radius 1 is 1.50 bits per heavy atom. The van der Waals surface area contributed by atoms with Crippen LogP contribution < -0.4 is 5.73 Å². The van der Waals surface area contributed by atoms with Crippen molar-refractivity contribution in [2.75, 3.05) is 5.73 Å². The lowest BCUT2D eigenvalue weighted by molar-refractivity contribution is 0.955. The molecule has 0 aliphatic carbocycles. The van der Waals surface area contributed by atoms with Gasteiger partial charge in [0.1, 0.15) is 17.4 Å². The monoisotopic (exact) mass is 160 g/mol. The lowest BCUT2D eigenvalue weighted by Crippen LogP contribution is -1.94. The second kappa shape index (κ2) is 2.17. The quantitative estimate of drug-likeness (QED) is 0.555. The molecule has 0 amide bonds. The van der Waals surface area contributed by atoms with Crippen LogP contribution in [0, 0.1) is 11.3 Å². The maximum atomic E-state index is 8.59. The van der Waals surface area contributed by atoms with Gasteiger partial charge in [-0.05, 0) is 6.07 Å². The second-order valence-corrected chi connectivity index (χ2v) is 2.20. The van der Waals surface area contributed by atoms with Crippen LogP contribution in [0.5, 0.6) is 0 Å². The summed E-state index contributed by atoms with van der Waals surface area (Å²) < 4.78 is 0. The van der Waals surface area contributed by atoms with Crippen LogP contribution in [0.25, 0.3) is 11.2 Å². The first kappa shape index (κ1) is 6.54. The van der Waals surface area contributed by atoms with Crippen LogP contribution >= 0.6 is 0 Å². The molecule has 0 radical (unpaired) electrons. The largest absolute Gasteiger partial charge is 0.383 e. The third kappa shape index (κ3) is 0.769. The Labute approximate surface area is 67.0 Å². The van der Waals surface area contributed by atoms with Crippen molar-refractivity contribution in [1.82, 2.24) is 20.4 Å². The minimum Gasteiger partial charge on any atom is -0.383 e. The van der Waals surface area contributed by atoms with Gasteiger partial charge in [0.25, 0.3) is 0 Å². The molecular weight excluding hydrogens is 156 g/mol. The number of nitrogens with one attached hydrogen (secondary N) is 1. The van der Waals surface area contributed by atoms with Gasteiger partial charge >= 0.3 is 0 Å². The van der Waals surface area contributed by atoms with Gasteiger partial charge < -0.3 is 5.73 Å². The van der Waals surface area contributed by atoms with Crippen molar-refractivity contribution in [1.29, 1.82) is 5.26 Å². The summed E-state index contributed by atoms with van der Waals surface area (Å²) in [7, 11) is 0. The number of fused-ring (bicyclic) bond motifs is 1. The normalized spacial score (nSPS) is 9.92. The van der Waals surface area contributed by atoms with Crippen molar-refractivity contribution >= 4 is 17.0 Å². The summed E-state index contributed by atoms with van der Waals surface area (Å²) in [5, 5.41) is 18.5. The predicted octanol–water partition coefficient (Wildman–Crippen LogP) is -0.193. The van der Waals surface area contributed by atoms with E-state index in [1.54, 1.807) is 6.07 Å².